The SMILES string of the molecule is CC1(C)Cc2ccccc2C1NCc1ccno1. The molecule has 0 spiro atoms. The van der Waals surface area contributed by atoms with E-state index >= 15 is 0 Å². The van der Waals surface area contributed by atoms with Gasteiger partial charge in [-0.15, -0.1) is 0 Å². The van der Waals surface area contributed by atoms with Gasteiger partial charge < -0.3 is 9.84 Å². The molecule has 0 amide bonds. The molecule has 0 saturated heterocycles. The summed E-state index contributed by atoms with van der Waals surface area (Å²) in [6.07, 6.45) is 2.81. The van der Waals surface area contributed by atoms with Gasteiger partial charge in [0.1, 0.15) is 5.76 Å². The van der Waals surface area contributed by atoms with E-state index in [4.69, 9.17) is 4.52 Å². The molecule has 0 radical (unpaired) electrons. The van der Waals surface area contributed by atoms with Crippen LogP contribution in [0, 0.1) is 5.41 Å². The van der Waals surface area contributed by atoms with E-state index in [2.05, 4.69) is 48.6 Å². The van der Waals surface area contributed by atoms with Crippen molar-refractivity contribution < 1.29 is 4.52 Å². The Hall–Kier alpha value is -1.61. The van der Waals surface area contributed by atoms with Crippen molar-refractivity contribution in [2.75, 3.05) is 0 Å². The summed E-state index contributed by atoms with van der Waals surface area (Å²) in [5.41, 5.74) is 3.11. The minimum atomic E-state index is 0.240. The lowest BCUT2D eigenvalue weighted by molar-refractivity contribution is 0.257. The second-order valence-corrected chi connectivity index (χ2v) is 5.66. The molecule has 1 heterocycles. The van der Waals surface area contributed by atoms with Crippen LogP contribution in [-0.2, 0) is 13.0 Å². The maximum absolute atomic E-state index is 5.14. The first-order valence-electron chi connectivity index (χ1n) is 6.37. The van der Waals surface area contributed by atoms with Crippen molar-refractivity contribution in [2.45, 2.75) is 32.9 Å². The highest BCUT2D eigenvalue weighted by molar-refractivity contribution is 5.37. The van der Waals surface area contributed by atoms with Gasteiger partial charge in [-0.05, 0) is 23.0 Å². The first-order valence-corrected chi connectivity index (χ1v) is 6.37. The summed E-state index contributed by atoms with van der Waals surface area (Å²) in [4.78, 5) is 0. The Morgan fingerprint density at radius 2 is 2.17 bits per heavy atom. The molecule has 3 nitrogen and oxygen atoms in total. The molecule has 1 aliphatic rings. The van der Waals surface area contributed by atoms with Crippen LogP contribution in [0.1, 0.15) is 36.8 Å². The molecule has 3 heteroatoms. The van der Waals surface area contributed by atoms with Crippen molar-refractivity contribution in [3.63, 3.8) is 0 Å². The number of rotatable bonds is 3. The van der Waals surface area contributed by atoms with E-state index in [1.165, 1.54) is 11.1 Å². The van der Waals surface area contributed by atoms with Crippen molar-refractivity contribution in [3.8, 4) is 0 Å². The van der Waals surface area contributed by atoms with Crippen LogP contribution in [0.25, 0.3) is 0 Å². The van der Waals surface area contributed by atoms with Crippen LogP contribution in [0.5, 0.6) is 0 Å². The maximum Gasteiger partial charge on any atom is 0.150 e. The van der Waals surface area contributed by atoms with Crippen LogP contribution in [-0.4, -0.2) is 5.16 Å². The van der Waals surface area contributed by atoms with E-state index in [0.717, 1.165) is 18.7 Å². The molecule has 0 saturated carbocycles. The number of hydrogen-bond acceptors (Lipinski definition) is 3. The molecule has 1 aromatic carbocycles. The number of benzene rings is 1. The molecule has 18 heavy (non-hydrogen) atoms. The molecular weight excluding hydrogens is 224 g/mol. The third kappa shape index (κ3) is 1.95. The normalized spacial score (nSPS) is 20.9. The molecule has 1 aromatic heterocycles. The van der Waals surface area contributed by atoms with Crippen LogP contribution >= 0.6 is 0 Å². The second kappa shape index (κ2) is 4.25. The van der Waals surface area contributed by atoms with Gasteiger partial charge in [-0.1, -0.05) is 43.3 Å². The maximum atomic E-state index is 5.14. The lowest BCUT2D eigenvalue weighted by atomic mass is 9.85. The van der Waals surface area contributed by atoms with Crippen LogP contribution in [0.4, 0.5) is 0 Å². The van der Waals surface area contributed by atoms with Crippen molar-refractivity contribution in [1.82, 2.24) is 10.5 Å². The highest BCUT2D eigenvalue weighted by Crippen LogP contribution is 2.44. The number of aromatic nitrogens is 1. The van der Waals surface area contributed by atoms with E-state index in [0.29, 0.717) is 6.04 Å². The second-order valence-electron chi connectivity index (χ2n) is 5.66. The molecular formula is C15H18N2O. The van der Waals surface area contributed by atoms with Gasteiger partial charge >= 0.3 is 0 Å². The van der Waals surface area contributed by atoms with Gasteiger partial charge in [0.25, 0.3) is 0 Å². The molecule has 1 aliphatic carbocycles. The van der Waals surface area contributed by atoms with E-state index in [-0.39, 0.29) is 5.41 Å². The minimum Gasteiger partial charge on any atom is -0.360 e. The lowest BCUT2D eigenvalue weighted by Crippen LogP contribution is -2.30. The average molecular weight is 242 g/mol. The van der Waals surface area contributed by atoms with Crippen molar-refractivity contribution in [2.24, 2.45) is 5.41 Å². The lowest BCUT2D eigenvalue weighted by Gasteiger charge is -2.28. The van der Waals surface area contributed by atoms with Crippen molar-refractivity contribution in [3.05, 3.63) is 53.4 Å². The highest BCUT2D eigenvalue weighted by Gasteiger charge is 2.38. The first kappa shape index (κ1) is 11.5. The monoisotopic (exact) mass is 242 g/mol. The molecule has 1 unspecified atom stereocenters. The predicted octanol–water partition coefficient (Wildman–Crippen LogP) is 3.09. The summed E-state index contributed by atoms with van der Waals surface area (Å²) in [6.45, 7) is 5.35. The van der Waals surface area contributed by atoms with E-state index in [9.17, 15) is 0 Å². The molecule has 0 aliphatic heterocycles. The summed E-state index contributed by atoms with van der Waals surface area (Å²) in [6, 6.07) is 11.0. The van der Waals surface area contributed by atoms with Gasteiger partial charge in [-0.2, -0.15) is 0 Å². The van der Waals surface area contributed by atoms with Gasteiger partial charge in [0, 0.05) is 12.1 Å². The zero-order valence-electron chi connectivity index (χ0n) is 10.8. The largest absolute Gasteiger partial charge is 0.360 e. The topological polar surface area (TPSA) is 38.1 Å². The molecule has 1 atom stereocenters. The molecule has 0 bridgehead atoms. The first-order chi connectivity index (χ1) is 8.67. The van der Waals surface area contributed by atoms with Gasteiger partial charge in [0.05, 0.1) is 12.7 Å². The summed E-state index contributed by atoms with van der Waals surface area (Å²) >= 11 is 0. The number of nitrogens with one attached hydrogen (secondary N) is 1. The third-order valence-corrected chi connectivity index (χ3v) is 3.77. The molecule has 1 N–H and O–H groups in total. The van der Waals surface area contributed by atoms with Gasteiger partial charge in [0.2, 0.25) is 0 Å². The Morgan fingerprint density at radius 3 is 2.94 bits per heavy atom. The van der Waals surface area contributed by atoms with Crippen LogP contribution in [0.2, 0.25) is 0 Å². The van der Waals surface area contributed by atoms with E-state index in [1.54, 1.807) is 6.20 Å². The Kier molecular flexibility index (Phi) is 2.71. The van der Waals surface area contributed by atoms with Crippen molar-refractivity contribution in [1.29, 1.82) is 0 Å². The zero-order valence-corrected chi connectivity index (χ0v) is 10.8. The van der Waals surface area contributed by atoms with Crippen LogP contribution < -0.4 is 5.32 Å². The van der Waals surface area contributed by atoms with Crippen LogP contribution in [0.15, 0.2) is 41.1 Å². The van der Waals surface area contributed by atoms with Crippen LogP contribution in [0.3, 0.4) is 0 Å². The molecule has 94 valence electrons. The Balaban J connectivity index is 1.81. The zero-order chi connectivity index (χ0) is 12.6. The van der Waals surface area contributed by atoms with Gasteiger partial charge in [-0.3, -0.25) is 0 Å². The minimum absolute atomic E-state index is 0.240. The van der Waals surface area contributed by atoms with Gasteiger partial charge in [-0.25, -0.2) is 0 Å². The summed E-state index contributed by atoms with van der Waals surface area (Å²) in [5, 5.41) is 7.33. The van der Waals surface area contributed by atoms with E-state index < -0.39 is 0 Å². The number of fused-ring (bicyclic) bond motifs is 1. The fraction of sp³-hybridized carbons (Fsp3) is 0.400. The average Bonchev–Trinajstić information content (AvgIpc) is 2.91. The number of nitrogens with zero attached hydrogens (tertiary/aromatic N) is 1. The quantitative estimate of drug-likeness (QED) is 0.898. The molecule has 2 aromatic rings. The third-order valence-electron chi connectivity index (χ3n) is 3.77. The molecule has 3 rings (SSSR count). The summed E-state index contributed by atoms with van der Waals surface area (Å²) in [5.74, 6) is 0.884. The van der Waals surface area contributed by atoms with Gasteiger partial charge in [0.15, 0.2) is 0 Å². The number of hydrogen-bond donors (Lipinski definition) is 1. The summed E-state index contributed by atoms with van der Waals surface area (Å²) in [7, 11) is 0. The standard InChI is InChI=1S/C15H18N2O/c1-15(2)9-11-5-3-4-6-13(11)14(15)16-10-12-7-8-17-18-12/h3-8,14,16H,9-10H2,1-2H3. The fourth-order valence-electron chi connectivity index (χ4n) is 2.91. The smallest absolute Gasteiger partial charge is 0.150 e. The van der Waals surface area contributed by atoms with Crippen molar-refractivity contribution >= 4 is 0 Å². The predicted molar refractivity (Wildman–Crippen MR) is 70.0 cm³/mol. The Labute approximate surface area is 107 Å². The van der Waals surface area contributed by atoms with E-state index in [1.807, 2.05) is 6.07 Å². The summed E-state index contributed by atoms with van der Waals surface area (Å²) < 4.78 is 5.14. The molecule has 0 fully saturated rings. The fourth-order valence-corrected chi connectivity index (χ4v) is 2.91. The Bertz CT molecular complexity index is 531. The highest BCUT2D eigenvalue weighted by atomic mass is 16.5. The Morgan fingerprint density at radius 1 is 1.33 bits per heavy atom.